The topological polar surface area (TPSA) is 0 Å². The van der Waals surface area contributed by atoms with Crippen LogP contribution in [0.15, 0.2) is 60.7 Å². The Morgan fingerprint density at radius 2 is 0.767 bits per heavy atom. The zero-order valence-corrected chi connectivity index (χ0v) is 17.5. The van der Waals surface area contributed by atoms with E-state index in [0.29, 0.717) is 10.8 Å². The molecule has 0 N–H and O–H groups in total. The van der Waals surface area contributed by atoms with Crippen LogP contribution >= 0.6 is 0 Å². The van der Waals surface area contributed by atoms with Crippen molar-refractivity contribution in [2.24, 2.45) is 46.3 Å². The van der Waals surface area contributed by atoms with E-state index < -0.39 is 0 Å². The predicted molar refractivity (Wildman–Crippen MR) is 120 cm³/mol. The molecule has 148 valence electrons. The van der Waals surface area contributed by atoms with Gasteiger partial charge in [-0.1, -0.05) is 60.1 Å². The lowest BCUT2D eigenvalue weighted by atomic mass is 9.30. The van der Waals surface area contributed by atoms with Gasteiger partial charge in [-0.3, -0.25) is 0 Å². The van der Waals surface area contributed by atoms with E-state index in [2.05, 4.69) is 84.3 Å². The van der Waals surface area contributed by atoms with Crippen molar-refractivity contribution in [1.82, 2.24) is 0 Å². The second kappa shape index (κ2) is 6.05. The molecule has 8 bridgehead atoms. The molecule has 7 aliphatic carbocycles. The predicted octanol–water partition coefficient (Wildman–Crippen LogP) is 6.17. The van der Waals surface area contributed by atoms with Gasteiger partial charge >= 0.3 is 0 Å². The van der Waals surface area contributed by atoms with E-state index in [1.54, 1.807) is 0 Å². The molecule has 0 unspecified atom stereocenters. The molecule has 7 aliphatic rings. The Labute approximate surface area is 180 Å². The average molecular weight is 389 g/mol. The van der Waals surface area contributed by atoms with Crippen LogP contribution in [0, 0.1) is 70.0 Å². The maximum absolute atomic E-state index is 3.85. The van der Waals surface area contributed by atoms with Crippen molar-refractivity contribution in [3.8, 4) is 23.7 Å². The third-order valence-corrected chi connectivity index (χ3v) is 9.55. The summed E-state index contributed by atoms with van der Waals surface area (Å²) in [6, 6.07) is 21.2. The molecule has 0 spiro atoms. The van der Waals surface area contributed by atoms with Gasteiger partial charge in [0.05, 0.1) is 0 Å². The molecule has 0 radical (unpaired) electrons. The minimum Gasteiger partial charge on any atom is -0.0911 e. The molecule has 0 amide bonds. The lowest BCUT2D eigenvalue weighted by Gasteiger charge is -2.73. The van der Waals surface area contributed by atoms with Crippen molar-refractivity contribution in [2.75, 3.05) is 0 Å². The summed E-state index contributed by atoms with van der Waals surface area (Å²) in [5.74, 6) is 20.4. The van der Waals surface area contributed by atoms with E-state index in [9.17, 15) is 0 Å². The molecule has 2 aromatic carbocycles. The summed E-state index contributed by atoms with van der Waals surface area (Å²) in [5.41, 5.74) is 3.00. The summed E-state index contributed by atoms with van der Waals surface area (Å²) in [7, 11) is 0. The van der Waals surface area contributed by atoms with Gasteiger partial charge in [0.25, 0.3) is 0 Å². The molecule has 0 nitrogen and oxygen atoms in total. The summed E-state index contributed by atoms with van der Waals surface area (Å²) >= 11 is 0. The Hall–Kier alpha value is -2.44. The van der Waals surface area contributed by atoms with Gasteiger partial charge in [-0.25, -0.2) is 0 Å². The Morgan fingerprint density at radius 1 is 0.467 bits per heavy atom. The lowest BCUT2D eigenvalue weighted by Crippen LogP contribution is -2.67. The third-order valence-electron chi connectivity index (χ3n) is 9.55. The van der Waals surface area contributed by atoms with Crippen molar-refractivity contribution < 1.29 is 0 Å². The van der Waals surface area contributed by atoms with Gasteiger partial charge in [0.15, 0.2) is 0 Å². The molecule has 7 fully saturated rings. The zero-order chi connectivity index (χ0) is 19.8. The molecule has 0 aromatic heterocycles. The van der Waals surface area contributed by atoms with Gasteiger partial charge in [0, 0.05) is 22.0 Å². The van der Waals surface area contributed by atoms with Crippen LogP contribution < -0.4 is 0 Å². The highest BCUT2D eigenvalue weighted by Gasteiger charge is 2.70. The molecule has 0 atom stereocenters. The number of benzene rings is 2. The SMILES string of the molecule is C(#CC12CC3C4CC5(C#Cc6ccccc6)CC3C(C1)C(C5)C4C2)c1ccccc1. The van der Waals surface area contributed by atoms with Crippen LogP contribution in [0.5, 0.6) is 0 Å². The van der Waals surface area contributed by atoms with Crippen LogP contribution in [0.3, 0.4) is 0 Å². The Kier molecular flexibility index (Phi) is 3.48. The molecule has 0 heteroatoms. The second-order valence-electron chi connectivity index (χ2n) is 11.0. The molecule has 9 rings (SSSR count). The van der Waals surface area contributed by atoms with E-state index in [1.165, 1.54) is 49.7 Å². The van der Waals surface area contributed by atoms with Crippen LogP contribution in [0.25, 0.3) is 0 Å². The first-order valence-electron chi connectivity index (χ1n) is 11.9. The smallest absolute Gasteiger partial charge is 0.0327 e. The lowest BCUT2D eigenvalue weighted by molar-refractivity contribution is -0.233. The van der Waals surface area contributed by atoms with Crippen LogP contribution in [0.1, 0.15) is 49.7 Å². The number of rotatable bonds is 0. The van der Waals surface area contributed by atoms with Crippen molar-refractivity contribution >= 4 is 0 Å². The monoisotopic (exact) mass is 388 g/mol. The summed E-state index contributed by atoms with van der Waals surface area (Å²) in [4.78, 5) is 0. The second-order valence-corrected chi connectivity index (χ2v) is 11.0. The number of hydrogen-bond donors (Lipinski definition) is 0. The van der Waals surface area contributed by atoms with Gasteiger partial charge in [-0.2, -0.15) is 0 Å². The first kappa shape index (κ1) is 17.3. The first-order valence-corrected chi connectivity index (χ1v) is 11.9. The van der Waals surface area contributed by atoms with Crippen LogP contribution in [-0.2, 0) is 0 Å². The Balaban J connectivity index is 1.19. The fourth-order valence-electron chi connectivity index (χ4n) is 8.69. The summed E-state index contributed by atoms with van der Waals surface area (Å²) in [6.45, 7) is 0. The molecule has 2 aromatic rings. The van der Waals surface area contributed by atoms with Gasteiger partial charge in [-0.15, -0.1) is 0 Å². The minimum absolute atomic E-state index is 0.312. The number of hydrogen-bond acceptors (Lipinski definition) is 0. The van der Waals surface area contributed by atoms with Crippen molar-refractivity contribution in [2.45, 2.75) is 38.5 Å². The molecule has 30 heavy (non-hydrogen) atoms. The van der Waals surface area contributed by atoms with Gasteiger partial charge < -0.3 is 0 Å². The largest absolute Gasteiger partial charge is 0.0911 e. The standard InChI is InChI=1S/C30H28/c1-3-7-21(8-4-1)11-13-29-15-23-26-18-30(14-12-22-9-5-2-6-10-22)19-27(23)25(17-29)28(20-30)24(26)16-29/h1-10,23-28H,15-20H2. The van der Waals surface area contributed by atoms with Crippen molar-refractivity contribution in [3.63, 3.8) is 0 Å². The van der Waals surface area contributed by atoms with E-state index in [4.69, 9.17) is 0 Å². The fourth-order valence-corrected chi connectivity index (χ4v) is 8.69. The van der Waals surface area contributed by atoms with Crippen molar-refractivity contribution in [1.29, 1.82) is 0 Å². The molecule has 0 heterocycles. The van der Waals surface area contributed by atoms with Crippen LogP contribution in [0.4, 0.5) is 0 Å². The van der Waals surface area contributed by atoms with E-state index >= 15 is 0 Å². The van der Waals surface area contributed by atoms with Gasteiger partial charge in [-0.05, 0) is 98.3 Å². The van der Waals surface area contributed by atoms with Crippen LogP contribution in [0.2, 0.25) is 0 Å². The highest BCUT2D eigenvalue weighted by atomic mass is 14.7. The van der Waals surface area contributed by atoms with E-state index in [1.807, 2.05) is 0 Å². The molecule has 0 saturated heterocycles. The van der Waals surface area contributed by atoms with Crippen molar-refractivity contribution in [3.05, 3.63) is 71.8 Å². The third kappa shape index (κ3) is 2.44. The van der Waals surface area contributed by atoms with Gasteiger partial charge in [0.2, 0.25) is 0 Å². The van der Waals surface area contributed by atoms with E-state index in [-0.39, 0.29) is 0 Å². The molecular weight excluding hydrogens is 360 g/mol. The minimum atomic E-state index is 0.312. The maximum Gasteiger partial charge on any atom is 0.0327 e. The quantitative estimate of drug-likeness (QED) is 0.474. The Morgan fingerprint density at radius 3 is 1.07 bits per heavy atom. The zero-order valence-electron chi connectivity index (χ0n) is 17.5. The normalized spacial score (nSPS) is 43.6. The molecule has 7 saturated carbocycles. The van der Waals surface area contributed by atoms with Gasteiger partial charge in [0.1, 0.15) is 0 Å². The first-order chi connectivity index (χ1) is 14.7. The maximum atomic E-state index is 3.85. The summed E-state index contributed by atoms with van der Waals surface area (Å²) < 4.78 is 0. The highest BCUT2D eigenvalue weighted by molar-refractivity contribution is 5.39. The Bertz CT molecular complexity index is 946. The van der Waals surface area contributed by atoms with Crippen LogP contribution in [-0.4, -0.2) is 0 Å². The summed E-state index contributed by atoms with van der Waals surface area (Å²) in [5, 5.41) is 0. The average Bonchev–Trinajstić information content (AvgIpc) is 2.81. The van der Waals surface area contributed by atoms with E-state index in [0.717, 1.165) is 35.5 Å². The summed E-state index contributed by atoms with van der Waals surface area (Å²) in [6.07, 6.45) is 8.19. The molecular formula is C30H28. The molecule has 0 aliphatic heterocycles. The highest BCUT2D eigenvalue weighted by Crippen LogP contribution is 2.76. The fraction of sp³-hybridized carbons (Fsp3) is 0.467.